The Morgan fingerprint density at radius 2 is 1.07 bits per heavy atom. The average molecular weight is 833 g/mol. The number of nitrogens with one attached hydrogen (secondary N) is 2. The molecule has 0 aliphatic carbocycles. The number of halogens is 2. The van der Waals surface area contributed by atoms with Crippen LogP contribution < -0.4 is 21.5 Å². The number of nitrogens with zero attached hydrogens (tertiary/aromatic N) is 2. The third-order valence-corrected chi connectivity index (χ3v) is 10.8. The molecule has 16 heteroatoms. The second-order valence-corrected chi connectivity index (χ2v) is 16.5. The van der Waals surface area contributed by atoms with E-state index in [0.717, 1.165) is 28.5 Å². The van der Waals surface area contributed by atoms with Crippen LogP contribution in [-0.4, -0.2) is 90.5 Å². The van der Waals surface area contributed by atoms with E-state index in [2.05, 4.69) is 5.32 Å². The van der Waals surface area contributed by atoms with Gasteiger partial charge in [0.05, 0.1) is 12.9 Å². The van der Waals surface area contributed by atoms with Crippen LogP contribution in [0.25, 0.3) is 0 Å². The summed E-state index contributed by atoms with van der Waals surface area (Å²) >= 11 is 0. The minimum absolute atomic E-state index is 0.0142. The Hall–Kier alpha value is -5.55. The molecular formula is C43H50F2N6O7S. The molecule has 0 radical (unpaired) electrons. The molecule has 2 aliphatic rings. The van der Waals surface area contributed by atoms with E-state index in [-0.39, 0.29) is 75.3 Å². The van der Waals surface area contributed by atoms with Gasteiger partial charge < -0.3 is 31.7 Å². The molecule has 4 aromatic rings. The number of rotatable bonds is 13. The number of carbonyl (C=O) groups is 4. The summed E-state index contributed by atoms with van der Waals surface area (Å²) in [7, 11) is -3.77. The molecule has 0 bridgehead atoms. The van der Waals surface area contributed by atoms with Crippen molar-refractivity contribution in [3.05, 3.63) is 142 Å². The van der Waals surface area contributed by atoms with Gasteiger partial charge >= 0.3 is 0 Å². The minimum Gasteiger partial charge on any atom is -0.395 e. The molecule has 0 spiro atoms. The fourth-order valence-corrected chi connectivity index (χ4v) is 7.81. The molecule has 0 fully saturated rings. The minimum atomic E-state index is -3.77. The van der Waals surface area contributed by atoms with Gasteiger partial charge in [0, 0.05) is 57.4 Å². The van der Waals surface area contributed by atoms with Gasteiger partial charge in [0.25, 0.3) is 5.91 Å². The van der Waals surface area contributed by atoms with Gasteiger partial charge in [-0.3, -0.25) is 23.9 Å². The molecule has 0 saturated carbocycles. The van der Waals surface area contributed by atoms with Crippen molar-refractivity contribution in [1.82, 2.24) is 19.8 Å². The molecule has 6 rings (SSSR count). The SMILES string of the molecule is CS(=O)(=O)NC(=O)[C@@H]1Cc2ccccc2CN1C(=O)CC(N)Cc1ccccc1F.NC(CC(=O)N1Cc2ccccc2C[C@H]1C(=O)NCCO)Cc1ccccc1F. The van der Waals surface area contributed by atoms with Gasteiger partial charge in [-0.25, -0.2) is 17.2 Å². The lowest BCUT2D eigenvalue weighted by Gasteiger charge is -2.36. The van der Waals surface area contributed by atoms with Crippen molar-refractivity contribution < 1.29 is 41.5 Å². The van der Waals surface area contributed by atoms with Gasteiger partial charge in [0.1, 0.15) is 23.7 Å². The second-order valence-electron chi connectivity index (χ2n) is 14.8. The van der Waals surface area contributed by atoms with Crippen LogP contribution in [0.5, 0.6) is 0 Å². The summed E-state index contributed by atoms with van der Waals surface area (Å²) in [5, 5.41) is 11.6. The normalized spacial score (nSPS) is 17.0. The maximum absolute atomic E-state index is 13.9. The monoisotopic (exact) mass is 832 g/mol. The number of fused-ring (bicyclic) bond motifs is 2. The molecule has 0 saturated heterocycles. The number of amides is 4. The highest BCUT2D eigenvalue weighted by atomic mass is 32.2. The summed E-state index contributed by atoms with van der Waals surface area (Å²) in [5.74, 6) is -2.43. The highest BCUT2D eigenvalue weighted by Gasteiger charge is 2.37. The predicted molar refractivity (Wildman–Crippen MR) is 217 cm³/mol. The summed E-state index contributed by atoms with van der Waals surface area (Å²) in [6, 6.07) is 24.8. The Morgan fingerprint density at radius 1 is 0.678 bits per heavy atom. The zero-order chi connectivity index (χ0) is 42.7. The van der Waals surface area contributed by atoms with Gasteiger partial charge in [-0.2, -0.15) is 0 Å². The van der Waals surface area contributed by atoms with Gasteiger partial charge in [-0.15, -0.1) is 0 Å². The lowest BCUT2D eigenvalue weighted by Crippen LogP contribution is -2.54. The Kier molecular flexibility index (Phi) is 15.4. The molecule has 7 N–H and O–H groups in total. The number of sulfonamides is 1. The van der Waals surface area contributed by atoms with Crippen molar-refractivity contribution in [2.24, 2.45) is 11.5 Å². The van der Waals surface area contributed by atoms with E-state index in [1.165, 1.54) is 21.9 Å². The van der Waals surface area contributed by atoms with Crippen LogP contribution in [0.3, 0.4) is 0 Å². The third-order valence-electron chi connectivity index (χ3n) is 10.2. The number of aliphatic hydroxyl groups excluding tert-OH is 1. The summed E-state index contributed by atoms with van der Waals surface area (Å²) in [6.45, 7) is 0.449. The lowest BCUT2D eigenvalue weighted by atomic mass is 9.92. The van der Waals surface area contributed by atoms with E-state index in [1.54, 1.807) is 36.4 Å². The van der Waals surface area contributed by atoms with Crippen LogP contribution in [0, 0.1) is 11.6 Å². The van der Waals surface area contributed by atoms with Crippen LogP contribution in [-0.2, 0) is 68.0 Å². The smallest absolute Gasteiger partial charge is 0.256 e. The molecule has 2 unspecified atom stereocenters. The van der Waals surface area contributed by atoms with Crippen LogP contribution in [0.15, 0.2) is 97.1 Å². The summed E-state index contributed by atoms with van der Waals surface area (Å²) < 4.78 is 52.8. The van der Waals surface area contributed by atoms with Crippen LogP contribution in [0.4, 0.5) is 8.78 Å². The number of benzene rings is 4. The molecule has 4 aromatic carbocycles. The summed E-state index contributed by atoms with van der Waals surface area (Å²) in [6.07, 6.45) is 1.82. The number of nitrogens with two attached hydrogens (primary N) is 2. The first-order valence-electron chi connectivity index (χ1n) is 19.2. The lowest BCUT2D eigenvalue weighted by molar-refractivity contribution is -0.142. The number of aliphatic hydroxyl groups is 1. The van der Waals surface area contributed by atoms with Crippen molar-refractivity contribution in [2.75, 3.05) is 19.4 Å². The zero-order valence-corrected chi connectivity index (χ0v) is 33.5. The Bertz CT molecular complexity index is 2240. The van der Waals surface area contributed by atoms with E-state index in [9.17, 15) is 36.4 Å². The number of hydrogen-bond donors (Lipinski definition) is 5. The first kappa shape index (κ1) is 44.6. The maximum atomic E-state index is 13.9. The van der Waals surface area contributed by atoms with Crippen LogP contribution >= 0.6 is 0 Å². The largest absolute Gasteiger partial charge is 0.395 e. The Morgan fingerprint density at radius 3 is 1.47 bits per heavy atom. The maximum Gasteiger partial charge on any atom is 0.256 e. The first-order chi connectivity index (χ1) is 28.1. The molecule has 314 valence electrons. The van der Waals surface area contributed by atoms with Crippen molar-refractivity contribution in [2.45, 2.75) is 75.8 Å². The van der Waals surface area contributed by atoms with Crippen LogP contribution in [0.2, 0.25) is 0 Å². The van der Waals surface area contributed by atoms with Gasteiger partial charge in [0.2, 0.25) is 27.7 Å². The van der Waals surface area contributed by atoms with Crippen LogP contribution in [0.1, 0.15) is 46.2 Å². The number of hydrogen-bond acceptors (Lipinski definition) is 9. The predicted octanol–water partition coefficient (Wildman–Crippen LogP) is 2.26. The number of carbonyl (C=O) groups excluding carboxylic acids is 4. The average Bonchev–Trinajstić information content (AvgIpc) is 3.20. The molecule has 2 heterocycles. The van der Waals surface area contributed by atoms with E-state index < -0.39 is 45.9 Å². The highest BCUT2D eigenvalue weighted by molar-refractivity contribution is 7.89. The zero-order valence-electron chi connectivity index (χ0n) is 32.7. The van der Waals surface area contributed by atoms with E-state index in [1.807, 2.05) is 53.3 Å². The highest BCUT2D eigenvalue weighted by Crippen LogP contribution is 2.26. The van der Waals surface area contributed by atoms with Gasteiger partial charge in [-0.1, -0.05) is 84.9 Å². The molecule has 2 aliphatic heterocycles. The van der Waals surface area contributed by atoms with E-state index in [4.69, 9.17) is 16.6 Å². The molecule has 59 heavy (non-hydrogen) atoms. The van der Waals surface area contributed by atoms with Crippen molar-refractivity contribution >= 4 is 33.7 Å². The topological polar surface area (TPSA) is 205 Å². The van der Waals surface area contributed by atoms with Crippen molar-refractivity contribution in [3.63, 3.8) is 0 Å². The van der Waals surface area contributed by atoms with Gasteiger partial charge in [-0.05, 0) is 58.4 Å². The van der Waals surface area contributed by atoms with Crippen molar-refractivity contribution in [3.8, 4) is 0 Å². The quantitative estimate of drug-likeness (QED) is 0.134. The molecule has 0 aromatic heterocycles. The van der Waals surface area contributed by atoms with Gasteiger partial charge in [0.15, 0.2) is 0 Å². The molecule has 13 nitrogen and oxygen atoms in total. The van der Waals surface area contributed by atoms with Crippen molar-refractivity contribution in [1.29, 1.82) is 0 Å². The van der Waals surface area contributed by atoms with E-state index >= 15 is 0 Å². The molecule has 4 amide bonds. The summed E-state index contributed by atoms with van der Waals surface area (Å²) in [4.78, 5) is 54.1. The Balaban J connectivity index is 0.000000224. The third kappa shape index (κ3) is 12.5. The molecule has 4 atom stereocenters. The standard InChI is InChI=1S/C22H26FN3O3.C21H24FN3O4S/c23-19-8-4-3-6-16(19)11-18(24)13-21(28)26-14-17-7-2-1-5-15(17)12-20(26)22(29)25-9-10-27;1-30(28,29)24-21(27)19-11-14-6-2-3-8-16(14)13-25(19)20(26)12-17(23)10-15-7-4-5-9-18(15)22/h1-8,18,20,27H,9-14,24H2,(H,25,29);2-9,17,19H,10-13,23H2,1H3,(H,24,27)/t18?,20-;17?,19-/m00/s1. The molecular weight excluding hydrogens is 783 g/mol. The van der Waals surface area contributed by atoms with E-state index in [0.29, 0.717) is 24.1 Å². The second kappa shape index (κ2) is 20.4. The fraction of sp³-hybridized carbons (Fsp3) is 0.349. The fourth-order valence-electron chi connectivity index (χ4n) is 7.31. The Labute approximate surface area is 342 Å². The first-order valence-corrected chi connectivity index (χ1v) is 21.1. The summed E-state index contributed by atoms with van der Waals surface area (Å²) in [5.41, 5.74) is 16.9.